The Hall–Kier alpha value is -0.610. The Morgan fingerprint density at radius 1 is 1.47 bits per heavy atom. The topological polar surface area (TPSA) is 41.6 Å². The molecule has 1 amide bonds. The van der Waals surface area contributed by atoms with E-state index < -0.39 is 0 Å². The Kier molecular flexibility index (Phi) is 5.22. The van der Waals surface area contributed by atoms with Crippen LogP contribution in [0, 0.1) is 5.92 Å². The second-order valence-electron chi connectivity index (χ2n) is 6.23. The van der Waals surface area contributed by atoms with Gasteiger partial charge in [0.1, 0.15) is 0 Å². The standard InChI is InChI=1S/C15H28N2O2/c1-4-13-15(18)17(14(16-13)10-11(2)3)8-7-12-6-5-9-19-12/h11-14,16H,4-10H2,1-3H3. The molecule has 2 heterocycles. The molecule has 19 heavy (non-hydrogen) atoms. The van der Waals surface area contributed by atoms with Crippen LogP contribution in [0.5, 0.6) is 0 Å². The maximum atomic E-state index is 12.4. The Balaban J connectivity index is 1.90. The van der Waals surface area contributed by atoms with Gasteiger partial charge >= 0.3 is 0 Å². The molecule has 2 fully saturated rings. The monoisotopic (exact) mass is 268 g/mol. The first kappa shape index (κ1) is 14.8. The van der Waals surface area contributed by atoms with E-state index in [0.717, 1.165) is 38.8 Å². The third kappa shape index (κ3) is 3.69. The maximum absolute atomic E-state index is 12.4. The molecule has 0 bridgehead atoms. The van der Waals surface area contributed by atoms with Crippen LogP contribution in [0.25, 0.3) is 0 Å². The van der Waals surface area contributed by atoms with Crippen molar-refractivity contribution in [1.29, 1.82) is 0 Å². The average molecular weight is 268 g/mol. The van der Waals surface area contributed by atoms with Crippen LogP contribution in [0.1, 0.15) is 52.9 Å². The number of rotatable bonds is 6. The molecule has 4 nitrogen and oxygen atoms in total. The SMILES string of the molecule is CCC1NC(CC(C)C)N(CCC2CCCO2)C1=O. The van der Waals surface area contributed by atoms with Crippen LogP contribution >= 0.6 is 0 Å². The van der Waals surface area contributed by atoms with Crippen LogP contribution in [0.4, 0.5) is 0 Å². The van der Waals surface area contributed by atoms with Gasteiger partial charge < -0.3 is 9.64 Å². The minimum absolute atomic E-state index is 0.0215. The predicted molar refractivity (Wildman–Crippen MR) is 75.8 cm³/mol. The van der Waals surface area contributed by atoms with Crippen LogP contribution in [0.3, 0.4) is 0 Å². The van der Waals surface area contributed by atoms with E-state index in [-0.39, 0.29) is 18.1 Å². The lowest BCUT2D eigenvalue weighted by Crippen LogP contribution is -2.39. The number of hydrogen-bond donors (Lipinski definition) is 1. The summed E-state index contributed by atoms with van der Waals surface area (Å²) in [4.78, 5) is 14.4. The molecule has 0 aromatic carbocycles. The fourth-order valence-corrected chi connectivity index (χ4v) is 3.10. The van der Waals surface area contributed by atoms with E-state index in [9.17, 15) is 4.79 Å². The molecule has 110 valence electrons. The minimum atomic E-state index is 0.0215. The number of amides is 1. The normalized spacial score (nSPS) is 31.7. The summed E-state index contributed by atoms with van der Waals surface area (Å²) in [6, 6.07) is 0.0215. The highest BCUT2D eigenvalue weighted by Gasteiger charge is 2.37. The number of nitrogens with zero attached hydrogens (tertiary/aromatic N) is 1. The molecule has 3 atom stereocenters. The van der Waals surface area contributed by atoms with Crippen LogP contribution in [-0.2, 0) is 9.53 Å². The van der Waals surface area contributed by atoms with Crippen LogP contribution in [0.15, 0.2) is 0 Å². The van der Waals surface area contributed by atoms with E-state index >= 15 is 0 Å². The third-order valence-electron chi connectivity index (χ3n) is 4.17. The average Bonchev–Trinajstić information content (AvgIpc) is 2.96. The first-order valence-electron chi connectivity index (χ1n) is 7.80. The summed E-state index contributed by atoms with van der Waals surface area (Å²) >= 11 is 0. The summed E-state index contributed by atoms with van der Waals surface area (Å²) in [6.07, 6.45) is 5.81. The van der Waals surface area contributed by atoms with Crippen molar-refractivity contribution in [2.24, 2.45) is 5.92 Å². The molecule has 0 aromatic heterocycles. The largest absolute Gasteiger partial charge is 0.378 e. The second-order valence-corrected chi connectivity index (χ2v) is 6.23. The summed E-state index contributed by atoms with van der Waals surface area (Å²) < 4.78 is 5.66. The Morgan fingerprint density at radius 3 is 2.84 bits per heavy atom. The van der Waals surface area contributed by atoms with E-state index in [2.05, 4.69) is 31.0 Å². The summed E-state index contributed by atoms with van der Waals surface area (Å²) in [6.45, 7) is 8.23. The molecular weight excluding hydrogens is 240 g/mol. The van der Waals surface area contributed by atoms with Crippen molar-refractivity contribution in [3.05, 3.63) is 0 Å². The molecule has 0 aromatic rings. The maximum Gasteiger partial charge on any atom is 0.241 e. The Labute approximate surface area is 116 Å². The number of hydrogen-bond acceptors (Lipinski definition) is 3. The number of carbonyl (C=O) groups excluding carboxylic acids is 1. The Morgan fingerprint density at radius 2 is 2.26 bits per heavy atom. The first-order valence-corrected chi connectivity index (χ1v) is 7.80. The van der Waals surface area contributed by atoms with Gasteiger partial charge in [0.15, 0.2) is 0 Å². The van der Waals surface area contributed by atoms with E-state index in [1.165, 1.54) is 6.42 Å². The molecule has 1 N–H and O–H groups in total. The molecule has 4 heteroatoms. The Bertz CT molecular complexity index is 301. The van der Waals surface area contributed by atoms with Crippen molar-refractivity contribution in [3.8, 4) is 0 Å². The van der Waals surface area contributed by atoms with Crippen molar-refractivity contribution in [2.45, 2.75) is 71.2 Å². The lowest BCUT2D eigenvalue weighted by molar-refractivity contribution is -0.130. The minimum Gasteiger partial charge on any atom is -0.378 e. The van der Waals surface area contributed by atoms with Crippen molar-refractivity contribution in [1.82, 2.24) is 10.2 Å². The van der Waals surface area contributed by atoms with E-state index in [4.69, 9.17) is 4.74 Å². The van der Waals surface area contributed by atoms with Gasteiger partial charge in [-0.25, -0.2) is 0 Å². The summed E-state index contributed by atoms with van der Waals surface area (Å²) in [5.41, 5.74) is 0. The lowest BCUT2D eigenvalue weighted by atomic mass is 10.1. The van der Waals surface area contributed by atoms with Gasteiger partial charge in [0.25, 0.3) is 0 Å². The first-order chi connectivity index (χ1) is 9.11. The van der Waals surface area contributed by atoms with E-state index in [1.807, 2.05) is 0 Å². The fraction of sp³-hybridized carbons (Fsp3) is 0.933. The number of nitrogens with one attached hydrogen (secondary N) is 1. The van der Waals surface area contributed by atoms with Crippen molar-refractivity contribution in [3.63, 3.8) is 0 Å². The van der Waals surface area contributed by atoms with Gasteiger partial charge in [-0.15, -0.1) is 0 Å². The molecule has 0 saturated carbocycles. The van der Waals surface area contributed by atoms with Gasteiger partial charge in [-0.3, -0.25) is 10.1 Å². The van der Waals surface area contributed by atoms with Crippen LogP contribution in [-0.4, -0.2) is 42.3 Å². The molecule has 2 rings (SSSR count). The van der Waals surface area contributed by atoms with Gasteiger partial charge in [-0.05, 0) is 38.0 Å². The highest BCUT2D eigenvalue weighted by molar-refractivity contribution is 5.84. The van der Waals surface area contributed by atoms with Gasteiger partial charge in [-0.1, -0.05) is 20.8 Å². The lowest BCUT2D eigenvalue weighted by Gasteiger charge is -2.26. The summed E-state index contributed by atoms with van der Waals surface area (Å²) in [5, 5.41) is 3.48. The van der Waals surface area contributed by atoms with Crippen molar-refractivity contribution < 1.29 is 9.53 Å². The molecule has 2 aliphatic heterocycles. The molecule has 2 aliphatic rings. The zero-order valence-electron chi connectivity index (χ0n) is 12.5. The quantitative estimate of drug-likeness (QED) is 0.802. The molecule has 0 aliphatic carbocycles. The molecule has 2 saturated heterocycles. The molecule has 0 spiro atoms. The molecule has 0 radical (unpaired) electrons. The smallest absolute Gasteiger partial charge is 0.241 e. The fourth-order valence-electron chi connectivity index (χ4n) is 3.10. The van der Waals surface area contributed by atoms with Crippen molar-refractivity contribution >= 4 is 5.91 Å². The van der Waals surface area contributed by atoms with Crippen LogP contribution < -0.4 is 5.32 Å². The van der Waals surface area contributed by atoms with Crippen molar-refractivity contribution in [2.75, 3.05) is 13.2 Å². The summed E-state index contributed by atoms with van der Waals surface area (Å²) in [7, 11) is 0. The highest BCUT2D eigenvalue weighted by atomic mass is 16.5. The molecule has 3 unspecified atom stereocenters. The summed E-state index contributed by atoms with van der Waals surface area (Å²) in [5.74, 6) is 0.886. The molecular formula is C15H28N2O2. The van der Waals surface area contributed by atoms with E-state index in [1.54, 1.807) is 0 Å². The highest BCUT2D eigenvalue weighted by Crippen LogP contribution is 2.22. The second kappa shape index (κ2) is 6.71. The van der Waals surface area contributed by atoms with E-state index in [0.29, 0.717) is 12.0 Å². The number of carbonyl (C=O) groups is 1. The van der Waals surface area contributed by atoms with Gasteiger partial charge in [0.05, 0.1) is 18.3 Å². The third-order valence-corrected chi connectivity index (χ3v) is 4.17. The zero-order valence-corrected chi connectivity index (χ0v) is 12.5. The predicted octanol–water partition coefficient (Wildman–Crippen LogP) is 2.14. The van der Waals surface area contributed by atoms with Gasteiger partial charge in [-0.2, -0.15) is 0 Å². The van der Waals surface area contributed by atoms with Gasteiger partial charge in [0, 0.05) is 13.2 Å². The number of ether oxygens (including phenoxy) is 1. The van der Waals surface area contributed by atoms with Gasteiger partial charge in [0.2, 0.25) is 5.91 Å². The van der Waals surface area contributed by atoms with Crippen LogP contribution in [0.2, 0.25) is 0 Å². The zero-order chi connectivity index (χ0) is 13.8.